The molecule has 1 aromatic rings. The first-order valence-corrected chi connectivity index (χ1v) is 13.4. The van der Waals surface area contributed by atoms with Gasteiger partial charge < -0.3 is 19.6 Å². The van der Waals surface area contributed by atoms with Crippen molar-refractivity contribution in [2.24, 2.45) is 5.92 Å². The van der Waals surface area contributed by atoms with Gasteiger partial charge in [0.05, 0.1) is 12.5 Å². The van der Waals surface area contributed by atoms with Crippen LogP contribution in [0.4, 0.5) is 4.79 Å². The summed E-state index contributed by atoms with van der Waals surface area (Å²) in [5.74, 6) is 0.0625. The number of nitrogens with zero attached hydrogens (tertiary/aromatic N) is 4. The molecule has 3 aliphatic rings. The van der Waals surface area contributed by atoms with Crippen LogP contribution in [-0.4, -0.2) is 102 Å². The molecule has 8 nitrogen and oxygen atoms in total. The van der Waals surface area contributed by atoms with Crippen LogP contribution in [0.15, 0.2) is 30.3 Å². The fourth-order valence-electron chi connectivity index (χ4n) is 5.80. The number of benzene rings is 1. The number of unbranched alkanes of at least 4 members (excludes halogenated alkanes) is 1. The van der Waals surface area contributed by atoms with Crippen molar-refractivity contribution in [1.82, 2.24) is 19.6 Å². The molecule has 0 aliphatic carbocycles. The van der Waals surface area contributed by atoms with Crippen molar-refractivity contribution in [2.75, 3.05) is 52.9 Å². The minimum absolute atomic E-state index is 0.0980. The first kappa shape index (κ1) is 25.9. The van der Waals surface area contributed by atoms with E-state index < -0.39 is 5.97 Å². The van der Waals surface area contributed by atoms with E-state index in [9.17, 15) is 9.59 Å². The maximum Gasteiger partial charge on any atom is 0.411 e. The highest BCUT2D eigenvalue weighted by molar-refractivity contribution is 5.70. The van der Waals surface area contributed by atoms with Crippen molar-refractivity contribution in [1.29, 1.82) is 0 Å². The van der Waals surface area contributed by atoms with Gasteiger partial charge in [0.2, 0.25) is 0 Å². The molecule has 0 spiro atoms. The van der Waals surface area contributed by atoms with Crippen molar-refractivity contribution in [2.45, 2.75) is 63.8 Å². The molecule has 8 heteroatoms. The van der Waals surface area contributed by atoms with E-state index in [4.69, 9.17) is 9.84 Å². The quantitative estimate of drug-likeness (QED) is 0.481. The van der Waals surface area contributed by atoms with E-state index in [0.29, 0.717) is 6.54 Å². The van der Waals surface area contributed by atoms with E-state index in [-0.39, 0.29) is 24.8 Å². The summed E-state index contributed by atoms with van der Waals surface area (Å²) in [5, 5.41) is 8.91. The molecule has 3 saturated heterocycles. The van der Waals surface area contributed by atoms with E-state index in [1.54, 1.807) is 4.90 Å². The number of piperidine rings is 1. The lowest BCUT2D eigenvalue weighted by Gasteiger charge is -2.38. The van der Waals surface area contributed by atoms with Gasteiger partial charge in [-0.2, -0.15) is 0 Å². The normalized spacial score (nSPS) is 25.2. The Kier molecular flexibility index (Phi) is 9.40. The van der Waals surface area contributed by atoms with Gasteiger partial charge in [0.25, 0.3) is 0 Å². The van der Waals surface area contributed by atoms with Crippen LogP contribution in [0.25, 0.3) is 0 Å². The van der Waals surface area contributed by atoms with Gasteiger partial charge in [0, 0.05) is 46.3 Å². The number of hydrogen-bond acceptors (Lipinski definition) is 6. The number of aliphatic carboxylic acids is 1. The number of carbonyl (C=O) groups excluding carboxylic acids is 1. The minimum Gasteiger partial charge on any atom is -0.481 e. The first-order chi connectivity index (χ1) is 17.0. The lowest BCUT2D eigenvalue weighted by molar-refractivity contribution is -0.137. The van der Waals surface area contributed by atoms with E-state index in [1.807, 2.05) is 7.05 Å². The van der Waals surface area contributed by atoms with Gasteiger partial charge in [-0.25, -0.2) is 4.79 Å². The number of carboxylic acids is 1. The third-order valence-corrected chi connectivity index (χ3v) is 8.06. The summed E-state index contributed by atoms with van der Waals surface area (Å²) in [4.78, 5) is 32.0. The third kappa shape index (κ3) is 7.41. The maximum absolute atomic E-state index is 12.3. The van der Waals surface area contributed by atoms with Crippen LogP contribution in [0.5, 0.6) is 0 Å². The summed E-state index contributed by atoms with van der Waals surface area (Å²) in [7, 11) is 1.86. The smallest absolute Gasteiger partial charge is 0.411 e. The Morgan fingerprint density at radius 3 is 2.34 bits per heavy atom. The monoisotopic (exact) mass is 486 g/mol. The average Bonchev–Trinajstić information content (AvgIpc) is 3.16. The summed E-state index contributed by atoms with van der Waals surface area (Å²) in [6.45, 7) is 7.28. The lowest BCUT2D eigenvalue weighted by Crippen LogP contribution is -2.54. The van der Waals surface area contributed by atoms with Crippen LogP contribution in [0.1, 0.15) is 50.5 Å². The van der Waals surface area contributed by atoms with Gasteiger partial charge >= 0.3 is 12.1 Å². The molecule has 4 rings (SSSR count). The van der Waals surface area contributed by atoms with Crippen molar-refractivity contribution in [3.05, 3.63) is 35.9 Å². The molecule has 0 bridgehead atoms. The van der Waals surface area contributed by atoms with Crippen LogP contribution < -0.4 is 0 Å². The van der Waals surface area contributed by atoms with Gasteiger partial charge in [0.1, 0.15) is 0 Å². The average molecular weight is 487 g/mol. The molecule has 0 radical (unpaired) electrons. The van der Waals surface area contributed by atoms with Crippen molar-refractivity contribution >= 4 is 12.1 Å². The van der Waals surface area contributed by atoms with E-state index in [2.05, 4.69) is 45.0 Å². The van der Waals surface area contributed by atoms with E-state index in [0.717, 1.165) is 51.5 Å². The molecule has 3 heterocycles. The Morgan fingerprint density at radius 1 is 0.971 bits per heavy atom. The first-order valence-electron chi connectivity index (χ1n) is 13.4. The molecule has 1 amide bonds. The second-order valence-corrected chi connectivity index (χ2v) is 10.5. The highest BCUT2D eigenvalue weighted by Gasteiger charge is 2.43. The zero-order valence-corrected chi connectivity index (χ0v) is 21.2. The molecule has 2 unspecified atom stereocenters. The number of carbonyl (C=O) groups is 2. The molecule has 1 N–H and O–H groups in total. The number of ether oxygens (including phenoxy) is 1. The van der Waals surface area contributed by atoms with Gasteiger partial charge in [-0.1, -0.05) is 49.6 Å². The maximum atomic E-state index is 12.3. The zero-order chi connectivity index (χ0) is 24.6. The lowest BCUT2D eigenvalue weighted by atomic mass is 9.90. The number of carboxylic acid groups (broad SMARTS) is 1. The standard InChI is InChI=1S/C27H42N4O4/c1-28-24(26(35-27(28)34)31-19-17-29(18-20-31)16-13-25(32)33)10-6-5-7-22-11-14-30(15-12-22)21-23-8-3-2-4-9-23/h2-4,8-9,22,24,26H,5-7,10-21H2,1H3,(H,32,33). The van der Waals surface area contributed by atoms with Crippen LogP contribution in [0.2, 0.25) is 0 Å². The Labute approximate surface area is 209 Å². The minimum atomic E-state index is -0.753. The van der Waals surface area contributed by atoms with Gasteiger partial charge in [-0.05, 0) is 43.8 Å². The van der Waals surface area contributed by atoms with E-state index in [1.165, 1.54) is 44.3 Å². The zero-order valence-electron chi connectivity index (χ0n) is 21.2. The molecular weight excluding hydrogens is 444 g/mol. The molecule has 2 atom stereocenters. The fraction of sp³-hybridized carbons (Fsp3) is 0.704. The molecule has 0 saturated carbocycles. The number of likely N-dealkylation sites (tertiary alicyclic amines) is 1. The van der Waals surface area contributed by atoms with Gasteiger partial charge in [0.15, 0.2) is 6.23 Å². The molecular formula is C27H42N4O4. The summed E-state index contributed by atoms with van der Waals surface area (Å²) in [5.41, 5.74) is 1.40. The second-order valence-electron chi connectivity index (χ2n) is 10.5. The van der Waals surface area contributed by atoms with E-state index >= 15 is 0 Å². The van der Waals surface area contributed by atoms with Crippen molar-refractivity contribution in [3.63, 3.8) is 0 Å². The number of likely N-dealkylation sites (N-methyl/N-ethyl adjacent to an activating group) is 1. The number of hydrogen-bond donors (Lipinski definition) is 1. The molecule has 0 aromatic heterocycles. The molecule has 3 aliphatic heterocycles. The molecule has 35 heavy (non-hydrogen) atoms. The SMILES string of the molecule is CN1C(=O)OC(N2CCN(CCC(=O)O)CC2)C1CCCCC1CCN(Cc2ccccc2)CC1. The highest BCUT2D eigenvalue weighted by Crippen LogP contribution is 2.28. The summed E-state index contributed by atoms with van der Waals surface area (Å²) >= 11 is 0. The van der Waals surface area contributed by atoms with Crippen molar-refractivity contribution < 1.29 is 19.4 Å². The second kappa shape index (κ2) is 12.7. The summed E-state index contributed by atoms with van der Waals surface area (Å²) < 4.78 is 5.76. The Balaban J connectivity index is 1.15. The highest BCUT2D eigenvalue weighted by atomic mass is 16.6. The number of piperazine rings is 1. The predicted octanol–water partition coefficient (Wildman–Crippen LogP) is 3.33. The van der Waals surface area contributed by atoms with Crippen LogP contribution >= 0.6 is 0 Å². The fourth-order valence-corrected chi connectivity index (χ4v) is 5.80. The van der Waals surface area contributed by atoms with Gasteiger partial charge in [-0.15, -0.1) is 0 Å². The Morgan fingerprint density at radius 2 is 1.66 bits per heavy atom. The number of rotatable bonds is 11. The third-order valence-electron chi connectivity index (χ3n) is 8.06. The number of cyclic esters (lactones) is 1. The Bertz CT molecular complexity index is 807. The molecule has 1 aromatic carbocycles. The molecule has 194 valence electrons. The summed E-state index contributed by atoms with van der Waals surface area (Å²) in [6, 6.07) is 10.8. The predicted molar refractivity (Wildman–Crippen MR) is 135 cm³/mol. The largest absolute Gasteiger partial charge is 0.481 e. The Hall–Kier alpha value is -2.16. The summed E-state index contributed by atoms with van der Waals surface area (Å²) in [6.07, 6.45) is 6.91. The van der Waals surface area contributed by atoms with Crippen LogP contribution in [-0.2, 0) is 16.1 Å². The van der Waals surface area contributed by atoms with Crippen molar-refractivity contribution in [3.8, 4) is 0 Å². The van der Waals surface area contributed by atoms with Gasteiger partial charge in [-0.3, -0.25) is 14.6 Å². The van der Waals surface area contributed by atoms with Crippen LogP contribution in [0.3, 0.4) is 0 Å². The number of amides is 1. The van der Waals surface area contributed by atoms with Crippen LogP contribution in [0, 0.1) is 5.92 Å². The topological polar surface area (TPSA) is 76.6 Å². The molecule has 3 fully saturated rings.